The maximum absolute atomic E-state index is 13.6. The molecule has 196 valence electrons. The van der Waals surface area contributed by atoms with Gasteiger partial charge in [-0.15, -0.1) is 23.4 Å². The molecule has 5 aromatic heterocycles. The molecule has 0 spiro atoms. The van der Waals surface area contributed by atoms with E-state index in [1.165, 1.54) is 29.4 Å². The van der Waals surface area contributed by atoms with Crippen LogP contribution in [0.25, 0.3) is 17.1 Å². The highest BCUT2D eigenvalue weighted by Crippen LogP contribution is 2.36. The number of nitrogens with zero attached hydrogens (tertiary/aromatic N) is 8. The molecule has 6 heterocycles. The van der Waals surface area contributed by atoms with Gasteiger partial charge in [0, 0.05) is 24.9 Å². The molecule has 0 aliphatic carbocycles. The molecule has 1 amide bonds. The first-order valence-electron chi connectivity index (χ1n) is 10.9. The lowest BCUT2D eigenvalue weighted by molar-refractivity contribution is -0.212. The smallest absolute Gasteiger partial charge is 0.411 e. The second-order valence-electron chi connectivity index (χ2n) is 8.26. The minimum Gasteiger partial charge on any atom is -0.411 e. The number of H-pyrrole nitrogens is 1. The molecule has 0 fully saturated rings. The summed E-state index contributed by atoms with van der Waals surface area (Å²) in [5.41, 5.74) is -0.0334. The van der Waals surface area contributed by atoms with Crippen LogP contribution >= 0.6 is 0 Å². The third-order valence-electron chi connectivity index (χ3n) is 5.94. The van der Waals surface area contributed by atoms with E-state index in [0.29, 0.717) is 24.0 Å². The van der Waals surface area contributed by atoms with Crippen molar-refractivity contribution in [2.24, 2.45) is 0 Å². The number of rotatable bonds is 3. The highest BCUT2D eigenvalue weighted by molar-refractivity contribution is 5.90. The molecule has 0 saturated carbocycles. The van der Waals surface area contributed by atoms with Crippen molar-refractivity contribution in [3.63, 3.8) is 0 Å². The van der Waals surface area contributed by atoms with E-state index in [2.05, 4.69) is 30.4 Å². The van der Waals surface area contributed by atoms with Crippen molar-refractivity contribution in [3.05, 3.63) is 71.5 Å². The number of fused-ring (bicyclic) bond motifs is 2. The third-order valence-corrected chi connectivity index (χ3v) is 5.94. The van der Waals surface area contributed by atoms with E-state index in [1.54, 1.807) is 0 Å². The Labute approximate surface area is 206 Å². The number of imidazole rings is 1. The van der Waals surface area contributed by atoms with Crippen LogP contribution in [0, 0.1) is 0 Å². The minimum atomic E-state index is -4.76. The zero-order valence-corrected chi connectivity index (χ0v) is 18.7. The summed E-state index contributed by atoms with van der Waals surface area (Å²) in [6.45, 7) is 0.0824. The second kappa shape index (κ2) is 8.15. The fourth-order valence-electron chi connectivity index (χ4n) is 4.29. The van der Waals surface area contributed by atoms with Crippen molar-refractivity contribution in [1.82, 2.24) is 44.5 Å². The van der Waals surface area contributed by atoms with Gasteiger partial charge in [-0.2, -0.15) is 28.1 Å². The lowest BCUT2D eigenvalue weighted by Crippen LogP contribution is -2.41. The number of halogens is 6. The summed E-state index contributed by atoms with van der Waals surface area (Å²) in [6, 6.07) is 4.95. The van der Waals surface area contributed by atoms with Gasteiger partial charge in [0.2, 0.25) is 0 Å². The topological polar surface area (TPSA) is 123 Å². The number of alkyl halides is 6. The number of pyridine rings is 1. The number of aromatic amines is 1. The first kappa shape index (κ1) is 23.7. The standard InChI is InChI=1S/C21H13F6N9O2/c22-20(23,24)14-3-1-2-10-8-13(33-36(10)14)16-15-11(28-9-29-15)4-6-34(16)19(37)18-31-30-17(38-18)12-5-7-35(32-12)21(25,26)27/h1-3,5,7-9,16H,4,6H2,(H,28,29). The molecule has 11 nitrogen and oxygen atoms in total. The average Bonchev–Trinajstić information content (AvgIpc) is 3.65. The number of amides is 1. The third kappa shape index (κ3) is 3.86. The highest BCUT2D eigenvalue weighted by Gasteiger charge is 2.40. The van der Waals surface area contributed by atoms with Crippen molar-refractivity contribution < 1.29 is 35.6 Å². The predicted molar refractivity (Wildman–Crippen MR) is 112 cm³/mol. The average molecular weight is 537 g/mol. The number of carbonyl (C=O) groups excluding carboxylic acids is 1. The number of nitrogens with one attached hydrogen (secondary N) is 1. The van der Waals surface area contributed by atoms with Crippen LogP contribution in [0.15, 0.2) is 47.3 Å². The molecule has 0 radical (unpaired) electrons. The first-order chi connectivity index (χ1) is 18.0. The number of aromatic nitrogens is 8. The SMILES string of the molecule is O=C(c1nnc(-c2ccn(C(F)(F)F)n2)o1)N1CCc2[nH]cnc2C1c1cc2cccc(C(F)(F)F)n2n1. The lowest BCUT2D eigenvalue weighted by Gasteiger charge is -2.32. The van der Waals surface area contributed by atoms with Crippen LogP contribution in [0.4, 0.5) is 26.3 Å². The molecular formula is C21H13F6N9O2. The molecule has 6 rings (SSSR count). The van der Waals surface area contributed by atoms with Gasteiger partial charge in [-0.05, 0) is 24.3 Å². The van der Waals surface area contributed by atoms with Crippen molar-refractivity contribution >= 4 is 11.4 Å². The van der Waals surface area contributed by atoms with Crippen LogP contribution in [0.1, 0.15) is 39.5 Å². The number of hydrogen-bond acceptors (Lipinski definition) is 7. The summed E-state index contributed by atoms with van der Waals surface area (Å²) in [6.07, 6.45) is -7.07. The monoisotopic (exact) mass is 537 g/mol. The van der Waals surface area contributed by atoms with Crippen LogP contribution in [-0.2, 0) is 18.9 Å². The predicted octanol–water partition coefficient (Wildman–Crippen LogP) is 3.59. The quantitative estimate of drug-likeness (QED) is 0.349. The Kier molecular flexibility index (Phi) is 5.08. The summed E-state index contributed by atoms with van der Waals surface area (Å²) in [5.74, 6) is -1.79. The van der Waals surface area contributed by atoms with Gasteiger partial charge in [-0.3, -0.25) is 4.79 Å². The largest absolute Gasteiger partial charge is 0.504 e. The molecule has 0 aromatic carbocycles. The maximum atomic E-state index is 13.6. The summed E-state index contributed by atoms with van der Waals surface area (Å²) < 4.78 is 85.0. The van der Waals surface area contributed by atoms with Gasteiger partial charge in [-0.1, -0.05) is 6.07 Å². The van der Waals surface area contributed by atoms with Crippen molar-refractivity contribution in [2.45, 2.75) is 24.9 Å². The Morgan fingerprint density at radius 2 is 1.89 bits per heavy atom. The summed E-state index contributed by atoms with van der Waals surface area (Å²) >= 11 is 0. The van der Waals surface area contributed by atoms with E-state index in [-0.39, 0.29) is 28.1 Å². The molecule has 38 heavy (non-hydrogen) atoms. The Morgan fingerprint density at radius 3 is 2.63 bits per heavy atom. The normalized spacial score (nSPS) is 16.3. The summed E-state index contributed by atoms with van der Waals surface area (Å²) in [4.78, 5) is 21.9. The Morgan fingerprint density at radius 1 is 1.08 bits per heavy atom. The number of carbonyl (C=O) groups is 1. The van der Waals surface area contributed by atoms with Crippen LogP contribution < -0.4 is 0 Å². The maximum Gasteiger partial charge on any atom is 0.504 e. The zero-order chi connectivity index (χ0) is 26.8. The van der Waals surface area contributed by atoms with E-state index in [9.17, 15) is 31.1 Å². The summed E-state index contributed by atoms with van der Waals surface area (Å²) in [7, 11) is 0. The molecule has 0 saturated heterocycles. The van der Waals surface area contributed by atoms with Gasteiger partial charge in [0.05, 0.1) is 23.2 Å². The molecule has 1 N–H and O–H groups in total. The van der Waals surface area contributed by atoms with Crippen LogP contribution in [-0.4, -0.2) is 56.9 Å². The Hall–Kier alpha value is -4.70. The first-order valence-corrected chi connectivity index (χ1v) is 10.9. The van der Waals surface area contributed by atoms with Crippen LogP contribution in [0.5, 0.6) is 0 Å². The van der Waals surface area contributed by atoms with Gasteiger partial charge < -0.3 is 14.3 Å². The van der Waals surface area contributed by atoms with Gasteiger partial charge >= 0.3 is 24.3 Å². The number of hydrogen-bond donors (Lipinski definition) is 1. The van der Waals surface area contributed by atoms with Crippen LogP contribution in [0.2, 0.25) is 0 Å². The minimum absolute atomic E-state index is 0.0824. The van der Waals surface area contributed by atoms with Crippen molar-refractivity contribution in [3.8, 4) is 11.6 Å². The highest BCUT2D eigenvalue weighted by atomic mass is 19.4. The van der Waals surface area contributed by atoms with Gasteiger partial charge in [-0.25, -0.2) is 9.50 Å². The van der Waals surface area contributed by atoms with Gasteiger partial charge in [0.15, 0.2) is 0 Å². The van der Waals surface area contributed by atoms with Gasteiger partial charge in [0.1, 0.15) is 17.4 Å². The molecule has 1 unspecified atom stereocenters. The van der Waals surface area contributed by atoms with E-state index < -0.39 is 41.9 Å². The second-order valence-corrected chi connectivity index (χ2v) is 8.26. The molecule has 1 atom stereocenters. The molecular weight excluding hydrogens is 524 g/mol. The van der Waals surface area contributed by atoms with E-state index in [4.69, 9.17) is 4.42 Å². The zero-order valence-electron chi connectivity index (χ0n) is 18.7. The van der Waals surface area contributed by atoms with E-state index in [0.717, 1.165) is 16.6 Å². The Bertz CT molecular complexity index is 1660. The fourth-order valence-corrected chi connectivity index (χ4v) is 4.29. The Balaban J connectivity index is 1.38. The van der Waals surface area contributed by atoms with Crippen molar-refractivity contribution in [1.29, 1.82) is 0 Å². The summed E-state index contributed by atoms with van der Waals surface area (Å²) in [5, 5.41) is 14.8. The van der Waals surface area contributed by atoms with Crippen molar-refractivity contribution in [2.75, 3.05) is 6.54 Å². The van der Waals surface area contributed by atoms with Crippen LogP contribution in [0.3, 0.4) is 0 Å². The molecule has 1 aliphatic heterocycles. The van der Waals surface area contributed by atoms with E-state index in [1.807, 2.05) is 0 Å². The van der Waals surface area contributed by atoms with E-state index >= 15 is 0 Å². The lowest BCUT2D eigenvalue weighted by atomic mass is 9.99. The molecule has 1 aliphatic rings. The van der Waals surface area contributed by atoms with Gasteiger partial charge in [0.25, 0.3) is 5.89 Å². The molecule has 17 heteroatoms. The fraction of sp³-hybridized carbons (Fsp3) is 0.238. The molecule has 0 bridgehead atoms. The molecule has 5 aromatic rings.